The van der Waals surface area contributed by atoms with Crippen LogP contribution in [-0.4, -0.2) is 37.9 Å². The second-order valence-electron chi connectivity index (χ2n) is 6.52. The normalized spacial score (nSPS) is 10.5. The summed E-state index contributed by atoms with van der Waals surface area (Å²) < 4.78 is 23.3. The molecule has 0 aliphatic rings. The van der Waals surface area contributed by atoms with E-state index in [2.05, 4.69) is 5.32 Å². The summed E-state index contributed by atoms with van der Waals surface area (Å²) in [6.07, 6.45) is 0.105. The van der Waals surface area contributed by atoms with E-state index in [4.69, 9.17) is 9.47 Å². The van der Waals surface area contributed by atoms with Crippen LogP contribution >= 0.6 is 0 Å². The van der Waals surface area contributed by atoms with E-state index in [-0.39, 0.29) is 30.2 Å². The Morgan fingerprint density at radius 3 is 2.57 bits per heavy atom. The molecule has 0 atom stereocenters. The van der Waals surface area contributed by atoms with E-state index in [1.54, 1.807) is 0 Å². The van der Waals surface area contributed by atoms with Crippen LogP contribution in [0.2, 0.25) is 0 Å². The summed E-state index contributed by atoms with van der Waals surface area (Å²) in [5.74, 6) is -2.15. The zero-order valence-electron chi connectivity index (χ0n) is 16.3. The molecule has 0 fully saturated rings. The number of Topliss-reactive ketones (excluding diaryl/α,β-unsaturated/α-hetero) is 1. The molecule has 7 heteroatoms. The molecular weight excluding hydrogens is 389 g/mol. The van der Waals surface area contributed by atoms with Gasteiger partial charge in [-0.2, -0.15) is 0 Å². The van der Waals surface area contributed by atoms with Gasteiger partial charge in [-0.3, -0.25) is 14.4 Å². The lowest BCUT2D eigenvalue weighted by Crippen LogP contribution is -2.32. The first kappa shape index (κ1) is 21.0. The molecule has 0 aliphatic heterocycles. The third kappa shape index (κ3) is 5.20. The number of hydrogen-bond donors (Lipinski definition) is 1. The SMILES string of the molecule is COc1ccc(F)cc1C(=O)COC(=O)CNC(=O)Cc1cccc2ccccc12. The predicted molar refractivity (Wildman–Crippen MR) is 109 cm³/mol. The first-order valence-electron chi connectivity index (χ1n) is 9.23. The minimum absolute atomic E-state index is 0.0229. The molecule has 1 N–H and O–H groups in total. The van der Waals surface area contributed by atoms with Crippen molar-refractivity contribution < 1.29 is 28.2 Å². The van der Waals surface area contributed by atoms with Gasteiger partial charge < -0.3 is 14.8 Å². The maximum absolute atomic E-state index is 13.4. The first-order chi connectivity index (χ1) is 14.5. The first-order valence-corrected chi connectivity index (χ1v) is 9.23. The van der Waals surface area contributed by atoms with Crippen LogP contribution < -0.4 is 10.1 Å². The van der Waals surface area contributed by atoms with Crippen molar-refractivity contribution in [3.63, 3.8) is 0 Å². The number of amides is 1. The highest BCUT2D eigenvalue weighted by molar-refractivity contribution is 6.00. The third-order valence-electron chi connectivity index (χ3n) is 4.49. The van der Waals surface area contributed by atoms with Crippen molar-refractivity contribution in [3.8, 4) is 5.75 Å². The Morgan fingerprint density at radius 2 is 1.77 bits per heavy atom. The van der Waals surface area contributed by atoms with Gasteiger partial charge in [-0.05, 0) is 34.5 Å². The van der Waals surface area contributed by atoms with Gasteiger partial charge >= 0.3 is 5.97 Å². The van der Waals surface area contributed by atoms with E-state index in [1.807, 2.05) is 42.5 Å². The molecule has 0 heterocycles. The lowest BCUT2D eigenvalue weighted by Gasteiger charge is -2.09. The van der Waals surface area contributed by atoms with Gasteiger partial charge in [0, 0.05) is 0 Å². The number of carbonyl (C=O) groups excluding carboxylic acids is 3. The van der Waals surface area contributed by atoms with E-state index < -0.39 is 24.2 Å². The highest BCUT2D eigenvalue weighted by atomic mass is 19.1. The van der Waals surface area contributed by atoms with Crippen LogP contribution in [0.25, 0.3) is 10.8 Å². The standard InChI is InChI=1S/C23H20FNO5/c1-29-21-10-9-17(24)12-19(21)20(26)14-30-23(28)13-25-22(27)11-16-7-4-6-15-5-2-3-8-18(15)16/h2-10,12H,11,13-14H2,1H3,(H,25,27). The van der Waals surface area contributed by atoms with Crippen LogP contribution in [0.3, 0.4) is 0 Å². The van der Waals surface area contributed by atoms with Crippen LogP contribution in [0.1, 0.15) is 15.9 Å². The molecule has 0 aromatic heterocycles. The molecule has 154 valence electrons. The summed E-state index contributed by atoms with van der Waals surface area (Å²) in [6, 6.07) is 16.9. The molecule has 1 amide bonds. The van der Waals surface area contributed by atoms with Crippen molar-refractivity contribution in [3.05, 3.63) is 77.6 Å². The molecule has 0 aliphatic carbocycles. The molecular formula is C23H20FNO5. The maximum Gasteiger partial charge on any atom is 0.325 e. The topological polar surface area (TPSA) is 81.7 Å². The zero-order chi connectivity index (χ0) is 21.5. The van der Waals surface area contributed by atoms with Crippen LogP contribution in [0.5, 0.6) is 5.75 Å². The Balaban J connectivity index is 1.50. The number of methoxy groups -OCH3 is 1. The van der Waals surface area contributed by atoms with Crippen molar-refractivity contribution in [2.45, 2.75) is 6.42 Å². The second-order valence-corrected chi connectivity index (χ2v) is 6.52. The maximum atomic E-state index is 13.4. The van der Waals surface area contributed by atoms with Gasteiger partial charge in [-0.25, -0.2) is 4.39 Å². The quantitative estimate of drug-likeness (QED) is 0.457. The Morgan fingerprint density at radius 1 is 1.00 bits per heavy atom. The monoisotopic (exact) mass is 409 g/mol. The van der Waals surface area contributed by atoms with Crippen LogP contribution in [0, 0.1) is 5.82 Å². The number of benzene rings is 3. The predicted octanol–water partition coefficient (Wildman–Crippen LogP) is 3.07. The average molecular weight is 409 g/mol. The number of rotatable bonds is 8. The van der Waals surface area contributed by atoms with Gasteiger partial charge in [0.2, 0.25) is 11.7 Å². The van der Waals surface area contributed by atoms with Crippen molar-refractivity contribution >= 4 is 28.4 Å². The Bertz CT molecular complexity index is 1090. The molecule has 3 aromatic carbocycles. The number of carbonyl (C=O) groups is 3. The molecule has 6 nitrogen and oxygen atoms in total. The molecule has 3 rings (SSSR count). The van der Waals surface area contributed by atoms with E-state index >= 15 is 0 Å². The highest BCUT2D eigenvalue weighted by Crippen LogP contribution is 2.20. The average Bonchev–Trinajstić information content (AvgIpc) is 2.76. The summed E-state index contributed by atoms with van der Waals surface area (Å²) in [7, 11) is 1.35. The van der Waals surface area contributed by atoms with Gasteiger partial charge in [0.15, 0.2) is 6.61 Å². The molecule has 0 bridgehead atoms. The van der Waals surface area contributed by atoms with Gasteiger partial charge in [0.05, 0.1) is 19.1 Å². The number of ether oxygens (including phenoxy) is 2. The molecule has 3 aromatic rings. The minimum atomic E-state index is -0.773. The molecule has 0 radical (unpaired) electrons. The van der Waals surface area contributed by atoms with Crippen molar-refractivity contribution in [2.75, 3.05) is 20.3 Å². The number of fused-ring (bicyclic) bond motifs is 1. The van der Waals surface area contributed by atoms with Crippen molar-refractivity contribution in [1.29, 1.82) is 0 Å². The van der Waals surface area contributed by atoms with Crippen molar-refractivity contribution in [2.24, 2.45) is 0 Å². The van der Waals surface area contributed by atoms with Gasteiger partial charge in [0.1, 0.15) is 18.1 Å². The fourth-order valence-electron chi connectivity index (χ4n) is 3.03. The summed E-state index contributed by atoms with van der Waals surface area (Å²) in [5.41, 5.74) is 0.817. The third-order valence-corrected chi connectivity index (χ3v) is 4.49. The summed E-state index contributed by atoms with van der Waals surface area (Å²) in [4.78, 5) is 36.2. The van der Waals surface area contributed by atoms with E-state index in [0.717, 1.165) is 28.5 Å². The fraction of sp³-hybridized carbons (Fsp3) is 0.174. The number of nitrogens with one attached hydrogen (secondary N) is 1. The lowest BCUT2D eigenvalue weighted by atomic mass is 10.0. The minimum Gasteiger partial charge on any atom is -0.496 e. The molecule has 0 unspecified atom stereocenters. The molecule has 0 saturated carbocycles. The van der Waals surface area contributed by atoms with E-state index in [0.29, 0.717) is 0 Å². The highest BCUT2D eigenvalue weighted by Gasteiger charge is 2.16. The lowest BCUT2D eigenvalue weighted by molar-refractivity contribution is -0.142. The van der Waals surface area contributed by atoms with Gasteiger partial charge in [-0.15, -0.1) is 0 Å². The number of hydrogen-bond acceptors (Lipinski definition) is 5. The van der Waals surface area contributed by atoms with Crippen LogP contribution in [0.15, 0.2) is 60.7 Å². The van der Waals surface area contributed by atoms with Crippen molar-refractivity contribution in [1.82, 2.24) is 5.32 Å². The number of esters is 1. The molecule has 0 spiro atoms. The largest absolute Gasteiger partial charge is 0.496 e. The molecule has 30 heavy (non-hydrogen) atoms. The summed E-state index contributed by atoms with van der Waals surface area (Å²) >= 11 is 0. The van der Waals surface area contributed by atoms with Gasteiger partial charge in [-0.1, -0.05) is 42.5 Å². The van der Waals surface area contributed by atoms with Crippen LogP contribution in [0.4, 0.5) is 4.39 Å². The van der Waals surface area contributed by atoms with E-state index in [9.17, 15) is 18.8 Å². The number of halogens is 1. The van der Waals surface area contributed by atoms with E-state index in [1.165, 1.54) is 13.2 Å². The Kier molecular flexibility index (Phi) is 6.75. The zero-order valence-corrected chi connectivity index (χ0v) is 16.3. The number of ketones is 1. The van der Waals surface area contributed by atoms with Crippen LogP contribution in [-0.2, 0) is 20.7 Å². The van der Waals surface area contributed by atoms with Gasteiger partial charge in [0.25, 0.3) is 0 Å². The summed E-state index contributed by atoms with van der Waals surface area (Å²) in [6.45, 7) is -0.963. The smallest absolute Gasteiger partial charge is 0.325 e. The Labute approximate surface area is 172 Å². The second kappa shape index (κ2) is 9.65. The molecule has 0 saturated heterocycles. The fourth-order valence-corrected chi connectivity index (χ4v) is 3.03. The Hall–Kier alpha value is -3.74. The summed E-state index contributed by atoms with van der Waals surface area (Å²) in [5, 5.41) is 4.47.